The maximum atomic E-state index is 11.8. The van der Waals surface area contributed by atoms with E-state index in [1.54, 1.807) is 13.8 Å². The fourth-order valence-electron chi connectivity index (χ4n) is 0.663. The smallest absolute Gasteiger partial charge is 0.383 e. The van der Waals surface area contributed by atoms with Gasteiger partial charge < -0.3 is 5.11 Å². The summed E-state index contributed by atoms with van der Waals surface area (Å²) < 4.78 is 35.4. The van der Waals surface area contributed by atoms with E-state index in [0.29, 0.717) is 0 Å². The molecule has 1 nitrogen and oxygen atoms in total. The molecule has 1 N–H and O–H groups in total. The van der Waals surface area contributed by atoms with Gasteiger partial charge in [-0.1, -0.05) is 20.8 Å². The van der Waals surface area contributed by atoms with Crippen molar-refractivity contribution in [2.24, 2.45) is 11.8 Å². The van der Waals surface area contributed by atoms with Crippen LogP contribution in [0, 0.1) is 11.8 Å². The summed E-state index contributed by atoms with van der Waals surface area (Å²) in [6, 6.07) is 0. The molecule has 0 amide bonds. The average Bonchev–Trinajstić information content (AvgIpc) is 1.82. The molecule has 4 heteroatoms. The highest BCUT2D eigenvalue weighted by atomic mass is 19.4. The molecule has 0 aromatic carbocycles. The third-order valence-corrected chi connectivity index (χ3v) is 1.88. The minimum Gasteiger partial charge on any atom is -0.383 e. The van der Waals surface area contributed by atoms with E-state index < -0.39 is 18.2 Å². The molecule has 11 heavy (non-hydrogen) atoms. The van der Waals surface area contributed by atoms with Crippen LogP contribution in [0.4, 0.5) is 13.2 Å². The van der Waals surface area contributed by atoms with Gasteiger partial charge in [0.05, 0.1) is 0 Å². The Morgan fingerprint density at radius 1 is 1.09 bits per heavy atom. The van der Waals surface area contributed by atoms with Crippen LogP contribution in [-0.4, -0.2) is 17.4 Å². The van der Waals surface area contributed by atoms with E-state index in [9.17, 15) is 13.2 Å². The lowest BCUT2D eigenvalue weighted by Crippen LogP contribution is -2.36. The highest BCUT2D eigenvalue weighted by Crippen LogP contribution is 2.28. The molecule has 0 aromatic heterocycles. The van der Waals surface area contributed by atoms with Gasteiger partial charge in [-0.25, -0.2) is 0 Å². The Balaban J connectivity index is 4.13. The van der Waals surface area contributed by atoms with Crippen LogP contribution in [0.1, 0.15) is 20.8 Å². The first-order chi connectivity index (χ1) is 4.76. The Morgan fingerprint density at radius 2 is 1.45 bits per heavy atom. The summed E-state index contributed by atoms with van der Waals surface area (Å²) in [5, 5.41) is 8.70. The van der Waals surface area contributed by atoms with Crippen molar-refractivity contribution in [3.8, 4) is 0 Å². The van der Waals surface area contributed by atoms with Crippen molar-refractivity contribution in [1.29, 1.82) is 0 Å². The van der Waals surface area contributed by atoms with Crippen LogP contribution < -0.4 is 0 Å². The van der Waals surface area contributed by atoms with Crippen LogP contribution >= 0.6 is 0 Å². The van der Waals surface area contributed by atoms with Crippen LogP contribution in [0.25, 0.3) is 0 Å². The van der Waals surface area contributed by atoms with E-state index in [2.05, 4.69) is 0 Å². The summed E-state index contributed by atoms with van der Waals surface area (Å²) >= 11 is 0. The molecular formula is C7H13F3O. The van der Waals surface area contributed by atoms with Crippen LogP contribution in [0.5, 0.6) is 0 Å². The van der Waals surface area contributed by atoms with Crippen LogP contribution in [0.3, 0.4) is 0 Å². The molecule has 2 atom stereocenters. The molecule has 0 saturated carbocycles. The third kappa shape index (κ3) is 3.10. The zero-order chi connectivity index (χ0) is 9.23. The number of aliphatic hydroxyl groups excluding tert-OH is 1. The van der Waals surface area contributed by atoms with Gasteiger partial charge in [-0.2, -0.15) is 13.2 Å². The lowest BCUT2D eigenvalue weighted by molar-refractivity contribution is -0.221. The second-order valence-corrected chi connectivity index (χ2v) is 3.09. The summed E-state index contributed by atoms with van der Waals surface area (Å²) in [6.07, 6.45) is -6.67. The van der Waals surface area contributed by atoms with E-state index in [0.717, 1.165) is 0 Å². The summed E-state index contributed by atoms with van der Waals surface area (Å²) in [7, 11) is 0. The lowest BCUT2D eigenvalue weighted by atomic mass is 9.92. The molecule has 0 fully saturated rings. The molecule has 1 unspecified atom stereocenters. The normalized spacial score (nSPS) is 18.5. The third-order valence-electron chi connectivity index (χ3n) is 1.88. The number of aliphatic hydroxyl groups is 1. The van der Waals surface area contributed by atoms with Crippen LogP contribution in [0.2, 0.25) is 0 Å². The van der Waals surface area contributed by atoms with Crippen molar-refractivity contribution in [3.63, 3.8) is 0 Å². The average molecular weight is 170 g/mol. The van der Waals surface area contributed by atoms with Crippen molar-refractivity contribution in [2.45, 2.75) is 33.1 Å². The van der Waals surface area contributed by atoms with E-state index in [-0.39, 0.29) is 5.92 Å². The van der Waals surface area contributed by atoms with Gasteiger partial charge in [0.25, 0.3) is 0 Å². The van der Waals surface area contributed by atoms with Crippen LogP contribution in [0.15, 0.2) is 0 Å². The Morgan fingerprint density at radius 3 is 1.55 bits per heavy atom. The van der Waals surface area contributed by atoms with Gasteiger partial charge in [-0.15, -0.1) is 0 Å². The molecule has 0 saturated heterocycles. The van der Waals surface area contributed by atoms with Gasteiger partial charge in [-0.3, -0.25) is 0 Å². The van der Waals surface area contributed by atoms with Gasteiger partial charge in [0.1, 0.15) is 0 Å². The Kier molecular flexibility index (Phi) is 3.35. The molecule has 0 aromatic rings. The Hall–Kier alpha value is -0.250. The minimum atomic E-state index is -4.48. The Bertz CT molecular complexity index is 119. The Labute approximate surface area is 64.2 Å². The quantitative estimate of drug-likeness (QED) is 0.673. The van der Waals surface area contributed by atoms with Crippen molar-refractivity contribution >= 4 is 0 Å². The molecule has 0 heterocycles. The van der Waals surface area contributed by atoms with Gasteiger partial charge in [0.15, 0.2) is 6.10 Å². The monoisotopic (exact) mass is 170 g/mol. The zero-order valence-corrected chi connectivity index (χ0v) is 6.81. The number of hydrogen-bond donors (Lipinski definition) is 1. The van der Waals surface area contributed by atoms with E-state index in [1.807, 2.05) is 0 Å². The topological polar surface area (TPSA) is 20.2 Å². The van der Waals surface area contributed by atoms with Crippen molar-refractivity contribution in [3.05, 3.63) is 0 Å². The predicted molar refractivity (Wildman–Crippen MR) is 36.1 cm³/mol. The van der Waals surface area contributed by atoms with Gasteiger partial charge in [0.2, 0.25) is 0 Å². The fourth-order valence-corrected chi connectivity index (χ4v) is 0.663. The molecular weight excluding hydrogens is 157 g/mol. The molecule has 0 spiro atoms. The second kappa shape index (κ2) is 3.43. The SMILES string of the molecule is CC(C)C(C)[C@@H](O)C(F)(F)F. The standard InChI is InChI=1S/C7H13F3O/c1-4(2)5(3)6(11)7(8,9)10/h4-6,11H,1-3H3/t5?,6-/m1/s1. The number of hydrogen-bond acceptors (Lipinski definition) is 1. The number of halogens is 3. The first-order valence-electron chi connectivity index (χ1n) is 3.51. The van der Waals surface area contributed by atoms with Crippen molar-refractivity contribution in [2.75, 3.05) is 0 Å². The molecule has 0 aliphatic carbocycles. The van der Waals surface area contributed by atoms with E-state index in [1.165, 1.54) is 6.92 Å². The number of alkyl halides is 3. The van der Waals surface area contributed by atoms with E-state index >= 15 is 0 Å². The second-order valence-electron chi connectivity index (χ2n) is 3.09. The first-order valence-corrected chi connectivity index (χ1v) is 3.51. The lowest BCUT2D eigenvalue weighted by Gasteiger charge is -2.23. The fraction of sp³-hybridized carbons (Fsp3) is 1.00. The number of rotatable bonds is 2. The molecule has 0 bridgehead atoms. The van der Waals surface area contributed by atoms with Gasteiger partial charge >= 0.3 is 6.18 Å². The van der Waals surface area contributed by atoms with Gasteiger partial charge in [0, 0.05) is 0 Å². The first kappa shape index (κ1) is 10.8. The van der Waals surface area contributed by atoms with E-state index in [4.69, 9.17) is 5.11 Å². The van der Waals surface area contributed by atoms with Crippen molar-refractivity contribution < 1.29 is 18.3 Å². The molecule has 0 rings (SSSR count). The molecule has 0 aliphatic heterocycles. The highest BCUT2D eigenvalue weighted by Gasteiger charge is 2.42. The van der Waals surface area contributed by atoms with Crippen LogP contribution in [-0.2, 0) is 0 Å². The molecule has 0 aliphatic rings. The largest absolute Gasteiger partial charge is 0.414 e. The van der Waals surface area contributed by atoms with Gasteiger partial charge in [-0.05, 0) is 11.8 Å². The summed E-state index contributed by atoms with van der Waals surface area (Å²) in [5.41, 5.74) is 0. The predicted octanol–water partition coefficient (Wildman–Crippen LogP) is 2.20. The molecule has 0 radical (unpaired) electrons. The highest BCUT2D eigenvalue weighted by molar-refractivity contribution is 4.73. The van der Waals surface area contributed by atoms with Crippen molar-refractivity contribution in [1.82, 2.24) is 0 Å². The maximum absolute atomic E-state index is 11.8. The minimum absolute atomic E-state index is 0.161. The maximum Gasteiger partial charge on any atom is 0.414 e. The summed E-state index contributed by atoms with van der Waals surface area (Å²) in [4.78, 5) is 0. The summed E-state index contributed by atoms with van der Waals surface area (Å²) in [6.45, 7) is 4.70. The zero-order valence-electron chi connectivity index (χ0n) is 6.81. The molecule has 68 valence electrons. The summed E-state index contributed by atoms with van der Waals surface area (Å²) in [5.74, 6) is -0.901.